The number of aromatic amines is 1. The van der Waals surface area contributed by atoms with Gasteiger partial charge in [0.05, 0.1) is 18.3 Å². The van der Waals surface area contributed by atoms with E-state index < -0.39 is 0 Å². The Hall–Kier alpha value is -3.45. The van der Waals surface area contributed by atoms with Gasteiger partial charge in [-0.15, -0.1) is 0 Å². The van der Waals surface area contributed by atoms with Crippen molar-refractivity contribution in [2.75, 3.05) is 18.5 Å². The zero-order valence-electron chi connectivity index (χ0n) is 13.9. The summed E-state index contributed by atoms with van der Waals surface area (Å²) in [6.07, 6.45) is 5.02. The zero-order chi connectivity index (χ0) is 17.9. The van der Waals surface area contributed by atoms with Crippen LogP contribution in [0.3, 0.4) is 0 Å². The van der Waals surface area contributed by atoms with Gasteiger partial charge in [0.2, 0.25) is 0 Å². The molecular formula is C19H17N5O2. The standard InChI is InChI=1S/C19H17N5O2/c25-9-8-20-16-7-6-13(10-21-16)15-11-24(14-4-2-1-3-5-14)18-17(15)19(26)23-12-22-18/h1-7,10-12,25H,8-9H2,(H,20,21)(H,22,23,26). The van der Waals surface area contributed by atoms with Crippen molar-refractivity contribution in [2.24, 2.45) is 0 Å². The molecule has 4 rings (SSSR count). The Balaban J connectivity index is 1.86. The summed E-state index contributed by atoms with van der Waals surface area (Å²) in [5.74, 6) is 0.668. The molecule has 0 aliphatic carbocycles. The average molecular weight is 347 g/mol. The molecule has 7 heteroatoms. The van der Waals surface area contributed by atoms with Gasteiger partial charge in [-0.1, -0.05) is 18.2 Å². The van der Waals surface area contributed by atoms with Gasteiger partial charge in [-0.05, 0) is 24.3 Å². The molecule has 3 N–H and O–H groups in total. The number of rotatable bonds is 5. The summed E-state index contributed by atoms with van der Waals surface area (Å²) in [6, 6.07) is 13.5. The fourth-order valence-electron chi connectivity index (χ4n) is 2.92. The number of para-hydroxylation sites is 1. The molecule has 0 spiro atoms. The summed E-state index contributed by atoms with van der Waals surface area (Å²) < 4.78 is 1.90. The van der Waals surface area contributed by atoms with E-state index >= 15 is 0 Å². The fourth-order valence-corrected chi connectivity index (χ4v) is 2.92. The molecular weight excluding hydrogens is 330 g/mol. The van der Waals surface area contributed by atoms with Gasteiger partial charge in [0.1, 0.15) is 5.82 Å². The average Bonchev–Trinajstić information content (AvgIpc) is 3.08. The third-order valence-electron chi connectivity index (χ3n) is 4.12. The highest BCUT2D eigenvalue weighted by Crippen LogP contribution is 2.29. The quantitative estimate of drug-likeness (QED) is 0.514. The molecule has 0 amide bonds. The van der Waals surface area contributed by atoms with Gasteiger partial charge < -0.3 is 20.0 Å². The summed E-state index contributed by atoms with van der Waals surface area (Å²) in [5.41, 5.74) is 2.91. The van der Waals surface area contributed by atoms with E-state index in [0.717, 1.165) is 16.8 Å². The van der Waals surface area contributed by atoms with Crippen LogP contribution in [0.1, 0.15) is 0 Å². The second kappa shape index (κ2) is 6.81. The van der Waals surface area contributed by atoms with Crippen LogP contribution in [-0.4, -0.2) is 37.8 Å². The minimum atomic E-state index is -0.192. The molecule has 0 radical (unpaired) electrons. The number of aliphatic hydroxyl groups excluding tert-OH is 1. The minimum absolute atomic E-state index is 0.0367. The molecule has 0 bridgehead atoms. The Morgan fingerprint density at radius 1 is 1.12 bits per heavy atom. The monoisotopic (exact) mass is 347 g/mol. The van der Waals surface area contributed by atoms with E-state index in [1.807, 2.05) is 53.2 Å². The predicted molar refractivity (Wildman–Crippen MR) is 100 cm³/mol. The van der Waals surface area contributed by atoms with Crippen molar-refractivity contribution in [1.29, 1.82) is 0 Å². The molecule has 26 heavy (non-hydrogen) atoms. The number of hydrogen-bond donors (Lipinski definition) is 3. The molecule has 1 aromatic carbocycles. The number of anilines is 1. The maximum absolute atomic E-state index is 12.5. The Morgan fingerprint density at radius 3 is 2.69 bits per heavy atom. The van der Waals surface area contributed by atoms with Crippen LogP contribution in [0.5, 0.6) is 0 Å². The lowest BCUT2D eigenvalue weighted by molar-refractivity contribution is 0.311. The number of H-pyrrole nitrogens is 1. The summed E-state index contributed by atoms with van der Waals surface area (Å²) >= 11 is 0. The number of nitrogens with one attached hydrogen (secondary N) is 2. The van der Waals surface area contributed by atoms with Gasteiger partial charge in [-0.3, -0.25) is 4.79 Å². The van der Waals surface area contributed by atoms with Crippen LogP contribution in [0.15, 0.2) is 66.0 Å². The third kappa shape index (κ3) is 2.84. The molecule has 0 unspecified atom stereocenters. The van der Waals surface area contributed by atoms with Gasteiger partial charge in [0.15, 0.2) is 5.65 Å². The first-order chi connectivity index (χ1) is 12.8. The van der Waals surface area contributed by atoms with Crippen LogP contribution >= 0.6 is 0 Å². The van der Waals surface area contributed by atoms with Crippen molar-refractivity contribution >= 4 is 16.9 Å². The summed E-state index contributed by atoms with van der Waals surface area (Å²) in [7, 11) is 0. The maximum atomic E-state index is 12.5. The van der Waals surface area contributed by atoms with E-state index in [4.69, 9.17) is 5.11 Å². The van der Waals surface area contributed by atoms with Crippen molar-refractivity contribution in [1.82, 2.24) is 19.5 Å². The second-order valence-electron chi connectivity index (χ2n) is 5.76. The zero-order valence-corrected chi connectivity index (χ0v) is 13.9. The molecule has 0 fully saturated rings. The van der Waals surface area contributed by atoms with E-state index in [-0.39, 0.29) is 12.2 Å². The van der Waals surface area contributed by atoms with Crippen molar-refractivity contribution in [3.8, 4) is 16.8 Å². The normalized spacial score (nSPS) is 11.0. The number of aliphatic hydroxyl groups is 1. The largest absolute Gasteiger partial charge is 0.395 e. The van der Waals surface area contributed by atoms with E-state index in [2.05, 4.69) is 20.3 Å². The molecule has 130 valence electrons. The highest BCUT2D eigenvalue weighted by Gasteiger charge is 2.15. The predicted octanol–water partition coefficient (Wildman–Crippen LogP) is 2.18. The van der Waals surface area contributed by atoms with E-state index in [0.29, 0.717) is 23.4 Å². The van der Waals surface area contributed by atoms with Crippen molar-refractivity contribution in [2.45, 2.75) is 0 Å². The molecule has 3 heterocycles. The first-order valence-corrected chi connectivity index (χ1v) is 8.23. The second-order valence-corrected chi connectivity index (χ2v) is 5.76. The molecule has 0 atom stereocenters. The Labute approximate surface area is 149 Å². The van der Waals surface area contributed by atoms with Crippen LogP contribution < -0.4 is 10.9 Å². The Kier molecular flexibility index (Phi) is 4.20. The number of fused-ring (bicyclic) bond motifs is 1. The fraction of sp³-hybridized carbons (Fsp3) is 0.105. The number of nitrogens with zero attached hydrogens (tertiary/aromatic N) is 3. The molecule has 0 aliphatic rings. The highest BCUT2D eigenvalue weighted by atomic mass is 16.3. The van der Waals surface area contributed by atoms with Gasteiger partial charge >= 0.3 is 0 Å². The molecule has 7 nitrogen and oxygen atoms in total. The van der Waals surface area contributed by atoms with Crippen LogP contribution in [0, 0.1) is 0 Å². The van der Waals surface area contributed by atoms with E-state index in [1.54, 1.807) is 6.20 Å². The Bertz CT molecular complexity index is 1080. The van der Waals surface area contributed by atoms with Crippen LogP contribution in [-0.2, 0) is 0 Å². The summed E-state index contributed by atoms with van der Waals surface area (Å²) in [4.78, 5) is 23.8. The molecule has 4 aromatic rings. The lowest BCUT2D eigenvalue weighted by Crippen LogP contribution is -2.07. The first-order valence-electron chi connectivity index (χ1n) is 8.23. The highest BCUT2D eigenvalue weighted by molar-refractivity contribution is 5.94. The third-order valence-corrected chi connectivity index (χ3v) is 4.12. The topological polar surface area (TPSA) is 95.8 Å². The molecule has 0 saturated carbocycles. The van der Waals surface area contributed by atoms with Crippen molar-refractivity contribution in [3.63, 3.8) is 0 Å². The van der Waals surface area contributed by atoms with Gasteiger partial charge in [-0.25, -0.2) is 9.97 Å². The Morgan fingerprint density at radius 2 is 1.96 bits per heavy atom. The number of benzene rings is 1. The molecule has 3 aromatic heterocycles. The van der Waals surface area contributed by atoms with E-state index in [1.165, 1.54) is 6.33 Å². The smallest absolute Gasteiger partial charge is 0.260 e. The van der Waals surface area contributed by atoms with Crippen LogP contribution in [0.25, 0.3) is 27.8 Å². The van der Waals surface area contributed by atoms with Crippen LogP contribution in [0.4, 0.5) is 5.82 Å². The lowest BCUT2D eigenvalue weighted by Gasteiger charge is -2.04. The van der Waals surface area contributed by atoms with Crippen molar-refractivity contribution < 1.29 is 5.11 Å². The summed E-state index contributed by atoms with van der Waals surface area (Å²) in [5, 5.41) is 12.4. The van der Waals surface area contributed by atoms with Crippen molar-refractivity contribution in [3.05, 3.63) is 71.5 Å². The van der Waals surface area contributed by atoms with E-state index in [9.17, 15) is 4.79 Å². The maximum Gasteiger partial charge on any atom is 0.260 e. The van der Waals surface area contributed by atoms with Gasteiger partial charge in [-0.2, -0.15) is 0 Å². The summed E-state index contributed by atoms with van der Waals surface area (Å²) in [6.45, 7) is 0.471. The number of pyridine rings is 1. The molecule has 0 saturated heterocycles. The van der Waals surface area contributed by atoms with Crippen LogP contribution in [0.2, 0.25) is 0 Å². The molecule has 0 aliphatic heterocycles. The SMILES string of the molecule is O=c1[nH]cnc2c1c(-c1ccc(NCCO)nc1)cn2-c1ccccc1. The van der Waals surface area contributed by atoms with Gasteiger partial charge in [0.25, 0.3) is 5.56 Å². The minimum Gasteiger partial charge on any atom is -0.395 e. The number of hydrogen-bond acceptors (Lipinski definition) is 5. The first kappa shape index (κ1) is 16.0. The van der Waals surface area contributed by atoms with Gasteiger partial charge in [0, 0.05) is 35.8 Å². The number of aromatic nitrogens is 4. The lowest BCUT2D eigenvalue weighted by atomic mass is 10.1.